The van der Waals surface area contributed by atoms with Crippen LogP contribution in [0.3, 0.4) is 0 Å². The first-order valence-electron chi connectivity index (χ1n) is 8.63. The molecule has 0 aliphatic carbocycles. The van der Waals surface area contributed by atoms with Crippen LogP contribution in [0.5, 0.6) is 0 Å². The van der Waals surface area contributed by atoms with Crippen molar-refractivity contribution in [3.63, 3.8) is 0 Å². The Bertz CT molecular complexity index is 659. The van der Waals surface area contributed by atoms with Crippen LogP contribution in [0.4, 0.5) is 5.95 Å². The van der Waals surface area contributed by atoms with Crippen molar-refractivity contribution in [2.45, 2.75) is 31.9 Å². The lowest BCUT2D eigenvalue weighted by molar-refractivity contribution is -0.180. The highest BCUT2D eigenvalue weighted by Crippen LogP contribution is 2.37. The summed E-state index contributed by atoms with van der Waals surface area (Å²) >= 11 is 1.86. The zero-order chi connectivity index (χ0) is 16.4. The van der Waals surface area contributed by atoms with Crippen LogP contribution < -0.4 is 5.32 Å². The minimum Gasteiger partial charge on any atom is -0.372 e. The average molecular weight is 344 g/mol. The molecular weight excluding hydrogens is 320 g/mol. The van der Waals surface area contributed by atoms with Gasteiger partial charge < -0.3 is 10.1 Å². The van der Waals surface area contributed by atoms with E-state index < -0.39 is 0 Å². The van der Waals surface area contributed by atoms with Crippen molar-refractivity contribution in [2.24, 2.45) is 5.92 Å². The molecule has 2 aliphatic rings. The number of nitrogens with zero attached hydrogens (tertiary/aromatic N) is 3. The van der Waals surface area contributed by atoms with Crippen molar-refractivity contribution < 1.29 is 4.74 Å². The fraction of sp³-hybridized carbons (Fsp3) is 0.556. The van der Waals surface area contributed by atoms with E-state index in [-0.39, 0.29) is 5.60 Å². The summed E-state index contributed by atoms with van der Waals surface area (Å²) in [7, 11) is 0. The Morgan fingerprint density at radius 3 is 2.88 bits per heavy atom. The highest BCUT2D eigenvalue weighted by molar-refractivity contribution is 7.10. The highest BCUT2D eigenvalue weighted by atomic mass is 32.1. The zero-order valence-electron chi connectivity index (χ0n) is 14.1. The Kier molecular flexibility index (Phi) is 4.52. The summed E-state index contributed by atoms with van der Waals surface area (Å²) in [5.41, 5.74) is 1.53. The molecule has 128 valence electrons. The molecule has 0 amide bonds. The third-order valence-electron chi connectivity index (χ3n) is 5.11. The van der Waals surface area contributed by atoms with E-state index in [0.29, 0.717) is 11.9 Å². The van der Waals surface area contributed by atoms with Crippen molar-refractivity contribution in [2.75, 3.05) is 31.6 Å². The number of ether oxygens (including phenoxy) is 1. The molecule has 0 bridgehead atoms. The van der Waals surface area contributed by atoms with Crippen LogP contribution in [0.15, 0.2) is 29.9 Å². The number of thiophene rings is 1. The van der Waals surface area contributed by atoms with Gasteiger partial charge in [-0.3, -0.25) is 4.90 Å². The predicted octanol–water partition coefficient (Wildman–Crippen LogP) is 2.94. The summed E-state index contributed by atoms with van der Waals surface area (Å²) in [6.07, 6.45) is 5.90. The molecule has 0 aromatic carbocycles. The van der Waals surface area contributed by atoms with Crippen LogP contribution in [-0.2, 0) is 11.3 Å². The summed E-state index contributed by atoms with van der Waals surface area (Å²) < 4.78 is 6.26. The van der Waals surface area contributed by atoms with Crippen molar-refractivity contribution in [3.05, 3.63) is 40.3 Å². The molecule has 0 radical (unpaired) electrons. The minimum absolute atomic E-state index is 0.116. The van der Waals surface area contributed by atoms with Crippen LogP contribution in [0.2, 0.25) is 0 Å². The van der Waals surface area contributed by atoms with E-state index >= 15 is 0 Å². The molecule has 1 spiro atoms. The summed E-state index contributed by atoms with van der Waals surface area (Å²) in [6, 6.07) is 4.04. The van der Waals surface area contributed by atoms with Gasteiger partial charge in [0.1, 0.15) is 0 Å². The number of hydrogen-bond donors (Lipinski definition) is 1. The van der Waals surface area contributed by atoms with Gasteiger partial charge in [-0.05, 0) is 48.8 Å². The van der Waals surface area contributed by atoms with Crippen LogP contribution in [-0.4, -0.2) is 46.7 Å². The number of aryl methyl sites for hydroxylation is 1. The average Bonchev–Trinajstić information content (AvgIpc) is 2.99. The van der Waals surface area contributed by atoms with Gasteiger partial charge in [-0.25, -0.2) is 9.97 Å². The van der Waals surface area contributed by atoms with Gasteiger partial charge in [-0.1, -0.05) is 0 Å². The standard InChI is InChI=1S/C18H24N4OS/c1-14-4-8-24-16(14)10-22-12-18(13-22)5-3-15(11-23-18)9-21-17-19-6-2-7-20-17/h2,4,6-8,15H,3,5,9-13H2,1H3,(H,19,20,21)/t15-/m0/s1. The van der Waals surface area contributed by atoms with Gasteiger partial charge in [0.2, 0.25) is 5.95 Å². The molecule has 2 aromatic rings. The molecule has 5 nitrogen and oxygen atoms in total. The Hall–Kier alpha value is -1.50. The Morgan fingerprint density at radius 2 is 2.21 bits per heavy atom. The lowest BCUT2D eigenvalue weighted by atomic mass is 9.83. The van der Waals surface area contributed by atoms with Crippen molar-refractivity contribution in [1.82, 2.24) is 14.9 Å². The van der Waals surface area contributed by atoms with Crippen LogP contribution in [0.25, 0.3) is 0 Å². The normalized spacial score (nSPS) is 23.1. The molecule has 6 heteroatoms. The quantitative estimate of drug-likeness (QED) is 0.904. The first-order chi connectivity index (χ1) is 11.7. The molecule has 1 atom stereocenters. The maximum atomic E-state index is 6.26. The summed E-state index contributed by atoms with van der Waals surface area (Å²) in [4.78, 5) is 12.4. The molecule has 2 fully saturated rings. The molecule has 0 unspecified atom stereocenters. The van der Waals surface area contributed by atoms with E-state index in [9.17, 15) is 0 Å². The maximum absolute atomic E-state index is 6.26. The van der Waals surface area contributed by atoms with Gasteiger partial charge in [0, 0.05) is 43.4 Å². The van der Waals surface area contributed by atoms with E-state index in [1.807, 2.05) is 17.4 Å². The fourth-order valence-corrected chi connectivity index (χ4v) is 4.55. The number of anilines is 1. The summed E-state index contributed by atoms with van der Waals surface area (Å²) in [5, 5.41) is 5.50. The van der Waals surface area contributed by atoms with Crippen LogP contribution >= 0.6 is 11.3 Å². The fourth-order valence-electron chi connectivity index (χ4n) is 3.60. The number of nitrogens with one attached hydrogen (secondary N) is 1. The first kappa shape index (κ1) is 16.0. The number of aromatic nitrogens is 2. The zero-order valence-corrected chi connectivity index (χ0v) is 14.9. The van der Waals surface area contributed by atoms with E-state index in [2.05, 4.69) is 38.6 Å². The third kappa shape index (κ3) is 3.45. The lowest BCUT2D eigenvalue weighted by Gasteiger charge is -2.53. The van der Waals surface area contributed by atoms with E-state index in [4.69, 9.17) is 4.74 Å². The van der Waals surface area contributed by atoms with Gasteiger partial charge in [-0.15, -0.1) is 11.3 Å². The summed E-state index contributed by atoms with van der Waals surface area (Å²) in [6.45, 7) is 7.15. The largest absolute Gasteiger partial charge is 0.372 e. The molecule has 1 N–H and O–H groups in total. The monoisotopic (exact) mass is 344 g/mol. The topological polar surface area (TPSA) is 50.3 Å². The predicted molar refractivity (Wildman–Crippen MR) is 96.3 cm³/mol. The molecule has 4 rings (SSSR count). The van der Waals surface area contributed by atoms with Crippen LogP contribution in [0.1, 0.15) is 23.3 Å². The van der Waals surface area contributed by atoms with E-state index in [1.165, 1.54) is 16.9 Å². The third-order valence-corrected chi connectivity index (χ3v) is 6.11. The number of rotatable bonds is 5. The van der Waals surface area contributed by atoms with Crippen molar-refractivity contribution in [3.8, 4) is 0 Å². The first-order valence-corrected chi connectivity index (χ1v) is 9.51. The molecule has 2 aromatic heterocycles. The van der Waals surface area contributed by atoms with Gasteiger partial charge in [0.15, 0.2) is 0 Å². The smallest absolute Gasteiger partial charge is 0.222 e. The molecule has 4 heterocycles. The second kappa shape index (κ2) is 6.78. The van der Waals surface area contributed by atoms with Gasteiger partial charge >= 0.3 is 0 Å². The number of likely N-dealkylation sites (tertiary alicyclic amines) is 1. The number of hydrogen-bond acceptors (Lipinski definition) is 6. The SMILES string of the molecule is Cc1ccsc1CN1CC2(CC[C@@H](CNc3ncccn3)CO2)C1. The van der Waals surface area contributed by atoms with Gasteiger partial charge in [0.25, 0.3) is 0 Å². The highest BCUT2D eigenvalue weighted by Gasteiger charge is 2.46. The molecule has 2 aliphatic heterocycles. The summed E-state index contributed by atoms with van der Waals surface area (Å²) in [5.74, 6) is 1.26. The molecule has 24 heavy (non-hydrogen) atoms. The Morgan fingerprint density at radius 1 is 1.38 bits per heavy atom. The Balaban J connectivity index is 1.20. The second-order valence-electron chi connectivity index (χ2n) is 7.02. The van der Waals surface area contributed by atoms with Gasteiger partial charge in [-0.2, -0.15) is 0 Å². The minimum atomic E-state index is 0.116. The van der Waals surface area contributed by atoms with E-state index in [0.717, 1.165) is 39.2 Å². The lowest BCUT2D eigenvalue weighted by Crippen LogP contribution is -2.64. The molecule has 2 saturated heterocycles. The Labute approximate surface area is 147 Å². The second-order valence-corrected chi connectivity index (χ2v) is 8.02. The molecular formula is C18H24N4OS. The van der Waals surface area contributed by atoms with Gasteiger partial charge in [0.05, 0.1) is 12.2 Å². The van der Waals surface area contributed by atoms with E-state index in [1.54, 1.807) is 12.4 Å². The van der Waals surface area contributed by atoms with Crippen LogP contribution in [0, 0.1) is 12.8 Å². The van der Waals surface area contributed by atoms with Crippen molar-refractivity contribution in [1.29, 1.82) is 0 Å². The van der Waals surface area contributed by atoms with Crippen molar-refractivity contribution >= 4 is 17.3 Å². The maximum Gasteiger partial charge on any atom is 0.222 e. The molecule has 0 saturated carbocycles.